The monoisotopic (exact) mass is 510 g/mol. The molecule has 0 aliphatic carbocycles. The zero-order valence-electron chi connectivity index (χ0n) is 18.8. The second kappa shape index (κ2) is 8.75. The first kappa shape index (κ1) is 24.0. The summed E-state index contributed by atoms with van der Waals surface area (Å²) in [4.78, 5) is 28.9. The number of carbonyl (C=O) groups is 2. The number of hydrogen-bond acceptors (Lipinski definition) is 4. The molecule has 35 heavy (non-hydrogen) atoms. The molecule has 8 nitrogen and oxygen atoms in total. The highest BCUT2D eigenvalue weighted by atomic mass is 32.3. The third-order valence-electron chi connectivity index (χ3n) is 7.09. The summed E-state index contributed by atoms with van der Waals surface area (Å²) in [7, 11) is -4.28. The van der Waals surface area contributed by atoms with Gasteiger partial charge in [0, 0.05) is 43.6 Å². The molecule has 0 saturated carbocycles. The second-order valence-electron chi connectivity index (χ2n) is 9.14. The van der Waals surface area contributed by atoms with Crippen molar-refractivity contribution in [1.29, 1.82) is 0 Å². The van der Waals surface area contributed by atoms with Crippen molar-refractivity contribution in [3.8, 4) is 0 Å². The molecule has 0 spiro atoms. The lowest BCUT2D eigenvalue weighted by molar-refractivity contribution is -0.138. The van der Waals surface area contributed by atoms with E-state index in [0.717, 1.165) is 28.2 Å². The zero-order chi connectivity index (χ0) is 25.0. The van der Waals surface area contributed by atoms with Crippen molar-refractivity contribution in [2.24, 2.45) is 0 Å². The van der Waals surface area contributed by atoms with Gasteiger partial charge >= 0.3 is 12.2 Å². The van der Waals surface area contributed by atoms with Gasteiger partial charge in [-0.3, -0.25) is 9.36 Å². The number of carbonyl (C=O) groups excluding carboxylic acids is 2. The second-order valence-corrected chi connectivity index (χ2v) is 11.0. The first-order valence-electron chi connectivity index (χ1n) is 11.5. The van der Waals surface area contributed by atoms with E-state index in [9.17, 15) is 31.5 Å². The molecule has 3 aliphatic rings. The van der Waals surface area contributed by atoms with Crippen LogP contribution in [0, 0.1) is 0 Å². The van der Waals surface area contributed by atoms with Crippen LogP contribution >= 0.6 is 0 Å². The van der Waals surface area contributed by atoms with Gasteiger partial charge in [-0.05, 0) is 49.9 Å². The van der Waals surface area contributed by atoms with Crippen molar-refractivity contribution in [2.75, 3.05) is 19.6 Å². The molecule has 0 N–H and O–H groups in total. The van der Waals surface area contributed by atoms with Crippen LogP contribution in [0.25, 0.3) is 0 Å². The average molecular weight is 511 g/mol. The fraction of sp³-hybridized carbons (Fsp3) is 0.478. The molecule has 2 atom stereocenters. The van der Waals surface area contributed by atoms with Crippen LogP contribution in [0.3, 0.4) is 0 Å². The van der Waals surface area contributed by atoms with Gasteiger partial charge in [-0.15, -0.1) is 4.31 Å². The lowest BCUT2D eigenvalue weighted by Crippen LogP contribution is -2.53. The minimum atomic E-state index is -4.67. The van der Waals surface area contributed by atoms with Crippen LogP contribution in [0.5, 0.6) is 0 Å². The van der Waals surface area contributed by atoms with Crippen molar-refractivity contribution in [3.05, 3.63) is 53.9 Å². The summed E-state index contributed by atoms with van der Waals surface area (Å²) in [5, 5.41) is 0. The standard InChI is InChI=1S/C23H25F3N4O4S/c24-23(25,26)16-4-1-6-19(14-16)35(33,34)30-11-3-7-20(30)21(31)27-12-8-17(9-13-27)29-15-18-5-2-10-28(18)22(29)32/h1-2,4-6,10,14,17,20H,3,7-9,11-13,15H2. The third kappa shape index (κ3) is 4.27. The molecule has 3 aliphatic heterocycles. The molecule has 0 bridgehead atoms. The minimum absolute atomic E-state index is 0.0139. The van der Waals surface area contributed by atoms with Gasteiger partial charge in [0.15, 0.2) is 15.3 Å². The van der Waals surface area contributed by atoms with Crippen LogP contribution in [0.2, 0.25) is 0 Å². The maximum Gasteiger partial charge on any atom is 0.416 e. The van der Waals surface area contributed by atoms with E-state index in [4.69, 9.17) is 0 Å². The van der Waals surface area contributed by atoms with Crippen molar-refractivity contribution < 1.29 is 31.5 Å². The highest BCUT2D eigenvalue weighted by Gasteiger charge is 2.46. The van der Waals surface area contributed by atoms with Gasteiger partial charge in [-0.2, -0.15) is 13.2 Å². The topological polar surface area (TPSA) is 88.9 Å². The fourth-order valence-corrected chi connectivity index (χ4v) is 6.95. The maximum absolute atomic E-state index is 13.3. The minimum Gasteiger partial charge on any atom is -0.593 e. The van der Waals surface area contributed by atoms with E-state index in [2.05, 4.69) is 0 Å². The Labute approximate surface area is 201 Å². The normalized spacial score (nSPS) is 23.5. The molecule has 2 aromatic rings. The smallest absolute Gasteiger partial charge is 0.416 e. The van der Waals surface area contributed by atoms with E-state index in [1.165, 1.54) is 0 Å². The van der Waals surface area contributed by atoms with E-state index in [1.807, 2.05) is 12.1 Å². The maximum atomic E-state index is 13.3. The molecule has 2 fully saturated rings. The molecule has 5 rings (SSSR count). The predicted molar refractivity (Wildman–Crippen MR) is 119 cm³/mol. The van der Waals surface area contributed by atoms with Crippen LogP contribution in [-0.4, -0.2) is 66.9 Å². The number of fused-ring (bicyclic) bond motifs is 1. The number of rotatable bonds is 4. The Morgan fingerprint density at radius 3 is 2.49 bits per heavy atom. The van der Waals surface area contributed by atoms with Crippen molar-refractivity contribution in [1.82, 2.24) is 18.7 Å². The summed E-state index contributed by atoms with van der Waals surface area (Å²) in [5.74, 6) is -0.337. The van der Waals surface area contributed by atoms with Gasteiger partial charge in [0.05, 0.1) is 12.1 Å². The molecule has 0 radical (unpaired) electrons. The first-order valence-corrected chi connectivity index (χ1v) is 13.0. The summed E-state index contributed by atoms with van der Waals surface area (Å²) < 4.78 is 68.4. The van der Waals surface area contributed by atoms with Gasteiger partial charge in [0.2, 0.25) is 5.91 Å². The molecule has 2 saturated heterocycles. The number of nitrogens with zero attached hydrogens (tertiary/aromatic N) is 4. The summed E-state index contributed by atoms with van der Waals surface area (Å²) >= 11 is 0. The van der Waals surface area contributed by atoms with Gasteiger partial charge < -0.3 is 14.4 Å². The van der Waals surface area contributed by atoms with E-state index in [0.29, 0.717) is 51.4 Å². The number of hydrogen-bond donors (Lipinski definition) is 0. The molecular weight excluding hydrogens is 485 g/mol. The summed E-state index contributed by atoms with van der Waals surface area (Å²) in [5.41, 5.74) is -0.124. The van der Waals surface area contributed by atoms with Crippen LogP contribution in [0.15, 0.2) is 47.5 Å². The number of alkyl halides is 3. The van der Waals surface area contributed by atoms with Crippen LogP contribution in [0.4, 0.5) is 18.0 Å². The van der Waals surface area contributed by atoms with Crippen molar-refractivity contribution in [2.45, 2.75) is 55.4 Å². The van der Waals surface area contributed by atoms with E-state index >= 15 is 0 Å². The molecule has 2 amide bonds. The van der Waals surface area contributed by atoms with Crippen molar-refractivity contribution in [3.63, 3.8) is 0 Å². The number of aromatic nitrogens is 1. The van der Waals surface area contributed by atoms with Gasteiger partial charge in [-0.25, -0.2) is 4.79 Å². The Hall–Kier alpha value is -2.70. The molecule has 2 unspecified atom stereocenters. The van der Waals surface area contributed by atoms with Gasteiger partial charge in [-0.1, -0.05) is 10.3 Å². The number of sulfonamides is 1. The van der Waals surface area contributed by atoms with Crippen LogP contribution in [-0.2, 0) is 32.1 Å². The molecule has 188 valence electrons. The van der Waals surface area contributed by atoms with E-state index < -0.39 is 33.1 Å². The largest absolute Gasteiger partial charge is 0.593 e. The molecule has 1 aromatic heterocycles. The SMILES string of the molecule is O=C(C1CCCN1[S+](=O)([O-])c1cccc(C(F)(F)F)c1)N1CCC(N2Cc3cccn3C2=O)CC1. The number of likely N-dealkylation sites (tertiary alicyclic amines) is 1. The highest BCUT2D eigenvalue weighted by molar-refractivity contribution is 7.95. The highest BCUT2D eigenvalue weighted by Crippen LogP contribution is 2.35. The Morgan fingerprint density at radius 2 is 1.80 bits per heavy atom. The molecule has 1 aromatic carbocycles. The predicted octanol–water partition coefficient (Wildman–Crippen LogP) is 3.35. The number of piperidine rings is 1. The molecular formula is C23H25F3N4O4S. The van der Waals surface area contributed by atoms with E-state index in [-0.39, 0.29) is 24.5 Å². The average Bonchev–Trinajstić information content (AvgIpc) is 3.57. The lowest BCUT2D eigenvalue weighted by atomic mass is 10.0. The Balaban J connectivity index is 1.26. The lowest BCUT2D eigenvalue weighted by Gasteiger charge is -2.38. The Morgan fingerprint density at radius 1 is 1.06 bits per heavy atom. The molecule has 12 heteroatoms. The molecule has 4 heterocycles. The quantitative estimate of drug-likeness (QED) is 0.591. The fourth-order valence-electron chi connectivity index (χ4n) is 5.25. The summed E-state index contributed by atoms with van der Waals surface area (Å²) in [6.45, 7) is 1.37. The number of amides is 2. The zero-order valence-corrected chi connectivity index (χ0v) is 19.6. The Bertz CT molecular complexity index is 1190. The van der Waals surface area contributed by atoms with Gasteiger partial charge in [0.25, 0.3) is 0 Å². The van der Waals surface area contributed by atoms with Crippen LogP contribution in [0.1, 0.15) is 36.9 Å². The van der Waals surface area contributed by atoms with Crippen LogP contribution < -0.4 is 0 Å². The summed E-state index contributed by atoms with van der Waals surface area (Å²) in [6.07, 6.45) is -1.02. The van der Waals surface area contributed by atoms with Gasteiger partial charge in [0.1, 0.15) is 6.04 Å². The number of benzene rings is 1. The van der Waals surface area contributed by atoms with Crippen molar-refractivity contribution >= 4 is 22.3 Å². The first-order chi connectivity index (χ1) is 16.6. The summed E-state index contributed by atoms with van der Waals surface area (Å²) in [6, 6.07) is 6.30. The third-order valence-corrected chi connectivity index (χ3v) is 9.00. The number of halogens is 3. The van der Waals surface area contributed by atoms with E-state index in [1.54, 1.807) is 20.6 Å². The Kier molecular flexibility index (Phi) is 6.01.